The number of aliphatic hydroxyl groups is 1. The highest BCUT2D eigenvalue weighted by molar-refractivity contribution is 4.92. The van der Waals surface area contributed by atoms with Crippen molar-refractivity contribution in [2.45, 2.75) is 50.8 Å². The number of nitrogens with one attached hydrogen (secondary N) is 1. The van der Waals surface area contributed by atoms with E-state index in [0.717, 1.165) is 0 Å². The van der Waals surface area contributed by atoms with Crippen LogP contribution in [0.2, 0.25) is 0 Å². The van der Waals surface area contributed by atoms with Crippen molar-refractivity contribution in [2.75, 3.05) is 0 Å². The van der Waals surface area contributed by atoms with E-state index in [9.17, 15) is 5.11 Å². The van der Waals surface area contributed by atoms with E-state index in [4.69, 9.17) is 0 Å². The van der Waals surface area contributed by atoms with Gasteiger partial charge in [0.1, 0.15) is 5.72 Å². The van der Waals surface area contributed by atoms with Gasteiger partial charge in [0.2, 0.25) is 0 Å². The van der Waals surface area contributed by atoms with Crippen molar-refractivity contribution in [2.24, 2.45) is 0 Å². The van der Waals surface area contributed by atoms with E-state index in [2.05, 4.69) is 11.9 Å². The molecule has 1 aliphatic carbocycles. The lowest BCUT2D eigenvalue weighted by Crippen LogP contribution is -2.47. The smallest absolute Gasteiger partial charge is 0.132 e. The Kier molecular flexibility index (Phi) is 3.29. The van der Waals surface area contributed by atoms with Gasteiger partial charge in [-0.2, -0.15) is 0 Å². The lowest BCUT2D eigenvalue weighted by molar-refractivity contribution is 0.0544. The Labute approximate surface area is 74.7 Å². The first-order chi connectivity index (χ1) is 5.64. The summed E-state index contributed by atoms with van der Waals surface area (Å²) in [5.74, 6) is 0. The fourth-order valence-electron chi connectivity index (χ4n) is 1.72. The lowest BCUT2D eigenvalue weighted by Gasteiger charge is -2.30. The van der Waals surface area contributed by atoms with Gasteiger partial charge in [0, 0.05) is 6.04 Å². The SMILES string of the molecule is C=CC(C)(O)NC1CCCCC1. The Morgan fingerprint density at radius 2 is 2.00 bits per heavy atom. The highest BCUT2D eigenvalue weighted by Crippen LogP contribution is 2.19. The third kappa shape index (κ3) is 2.95. The van der Waals surface area contributed by atoms with Gasteiger partial charge in [-0.1, -0.05) is 25.8 Å². The second kappa shape index (κ2) is 4.06. The van der Waals surface area contributed by atoms with Gasteiger partial charge in [-0.25, -0.2) is 0 Å². The molecule has 1 saturated carbocycles. The molecule has 2 nitrogen and oxygen atoms in total. The maximum atomic E-state index is 9.65. The first-order valence-corrected chi connectivity index (χ1v) is 4.78. The molecule has 12 heavy (non-hydrogen) atoms. The van der Waals surface area contributed by atoms with Crippen molar-refractivity contribution in [3.63, 3.8) is 0 Å². The third-order valence-corrected chi connectivity index (χ3v) is 2.50. The maximum absolute atomic E-state index is 9.65. The summed E-state index contributed by atoms with van der Waals surface area (Å²) in [6.45, 7) is 5.33. The molecule has 1 rings (SSSR count). The van der Waals surface area contributed by atoms with Crippen molar-refractivity contribution >= 4 is 0 Å². The summed E-state index contributed by atoms with van der Waals surface area (Å²) in [7, 11) is 0. The van der Waals surface area contributed by atoms with E-state index in [1.807, 2.05) is 0 Å². The van der Waals surface area contributed by atoms with Crippen molar-refractivity contribution in [1.29, 1.82) is 0 Å². The zero-order chi connectivity index (χ0) is 9.03. The zero-order valence-electron chi connectivity index (χ0n) is 7.84. The van der Waals surface area contributed by atoms with E-state index in [1.54, 1.807) is 13.0 Å². The van der Waals surface area contributed by atoms with Crippen LogP contribution in [0.1, 0.15) is 39.0 Å². The Hall–Kier alpha value is -0.340. The zero-order valence-corrected chi connectivity index (χ0v) is 7.84. The van der Waals surface area contributed by atoms with Crippen LogP contribution in [-0.4, -0.2) is 16.9 Å². The molecule has 0 amide bonds. The largest absolute Gasteiger partial charge is 0.373 e. The molecule has 0 aromatic rings. The Bertz CT molecular complexity index is 148. The van der Waals surface area contributed by atoms with Gasteiger partial charge in [0.15, 0.2) is 0 Å². The molecule has 0 aromatic heterocycles. The van der Waals surface area contributed by atoms with Crippen LogP contribution in [0.5, 0.6) is 0 Å². The first kappa shape index (κ1) is 9.75. The molecule has 0 spiro atoms. The van der Waals surface area contributed by atoms with Crippen LogP contribution in [0.15, 0.2) is 12.7 Å². The quantitative estimate of drug-likeness (QED) is 0.499. The molecule has 0 aliphatic heterocycles. The van der Waals surface area contributed by atoms with Crippen molar-refractivity contribution in [3.05, 3.63) is 12.7 Å². The van der Waals surface area contributed by atoms with Gasteiger partial charge in [-0.3, -0.25) is 5.32 Å². The minimum absolute atomic E-state index is 0.478. The lowest BCUT2D eigenvalue weighted by atomic mass is 9.94. The predicted octanol–water partition coefficient (Wildman–Crippen LogP) is 1.80. The molecule has 1 atom stereocenters. The highest BCUT2D eigenvalue weighted by atomic mass is 16.3. The molecule has 70 valence electrons. The second-order valence-electron chi connectivity index (χ2n) is 3.83. The fraction of sp³-hybridized carbons (Fsp3) is 0.800. The van der Waals surface area contributed by atoms with Gasteiger partial charge < -0.3 is 5.11 Å². The van der Waals surface area contributed by atoms with E-state index in [-0.39, 0.29) is 0 Å². The average molecular weight is 169 g/mol. The molecule has 2 N–H and O–H groups in total. The van der Waals surface area contributed by atoms with Gasteiger partial charge in [-0.05, 0) is 25.8 Å². The summed E-state index contributed by atoms with van der Waals surface area (Å²) in [6.07, 6.45) is 7.83. The van der Waals surface area contributed by atoms with E-state index < -0.39 is 5.72 Å². The van der Waals surface area contributed by atoms with Gasteiger partial charge >= 0.3 is 0 Å². The standard InChI is InChI=1S/C10H19NO/c1-3-10(2,12)11-9-7-5-4-6-8-9/h3,9,11-12H,1,4-8H2,2H3. The molecule has 0 radical (unpaired) electrons. The fourth-order valence-corrected chi connectivity index (χ4v) is 1.72. The van der Waals surface area contributed by atoms with Crippen LogP contribution in [0, 0.1) is 0 Å². The molecule has 1 unspecified atom stereocenters. The van der Waals surface area contributed by atoms with Crippen LogP contribution in [-0.2, 0) is 0 Å². The van der Waals surface area contributed by atoms with E-state index >= 15 is 0 Å². The maximum Gasteiger partial charge on any atom is 0.132 e. The normalized spacial score (nSPS) is 24.8. The minimum atomic E-state index is -0.887. The van der Waals surface area contributed by atoms with Crippen LogP contribution >= 0.6 is 0 Å². The van der Waals surface area contributed by atoms with Crippen LogP contribution in [0.4, 0.5) is 0 Å². The van der Waals surface area contributed by atoms with Crippen molar-refractivity contribution < 1.29 is 5.11 Å². The summed E-state index contributed by atoms with van der Waals surface area (Å²) < 4.78 is 0. The number of hydrogen-bond donors (Lipinski definition) is 2. The first-order valence-electron chi connectivity index (χ1n) is 4.78. The number of rotatable bonds is 3. The topological polar surface area (TPSA) is 32.3 Å². The molecule has 1 fully saturated rings. The Balaban J connectivity index is 2.33. The molecule has 1 aliphatic rings. The highest BCUT2D eigenvalue weighted by Gasteiger charge is 2.21. The van der Waals surface area contributed by atoms with Crippen molar-refractivity contribution in [1.82, 2.24) is 5.32 Å². The molecule has 0 aromatic carbocycles. The minimum Gasteiger partial charge on any atom is -0.373 e. The van der Waals surface area contributed by atoms with Gasteiger partial charge in [0.05, 0.1) is 0 Å². The molecule has 0 bridgehead atoms. The summed E-state index contributed by atoms with van der Waals surface area (Å²) >= 11 is 0. The average Bonchev–Trinajstić information content (AvgIpc) is 2.06. The van der Waals surface area contributed by atoms with E-state index in [0.29, 0.717) is 6.04 Å². The van der Waals surface area contributed by atoms with Crippen molar-refractivity contribution in [3.8, 4) is 0 Å². The predicted molar refractivity (Wildman–Crippen MR) is 50.8 cm³/mol. The molecule has 0 saturated heterocycles. The summed E-state index contributed by atoms with van der Waals surface area (Å²) in [4.78, 5) is 0. The van der Waals surface area contributed by atoms with Crippen LogP contribution in [0.25, 0.3) is 0 Å². The Morgan fingerprint density at radius 1 is 1.42 bits per heavy atom. The molecule has 0 heterocycles. The monoisotopic (exact) mass is 169 g/mol. The van der Waals surface area contributed by atoms with Gasteiger partial charge in [0.25, 0.3) is 0 Å². The van der Waals surface area contributed by atoms with Gasteiger partial charge in [-0.15, -0.1) is 0 Å². The van der Waals surface area contributed by atoms with Crippen LogP contribution in [0.3, 0.4) is 0 Å². The molecule has 2 heteroatoms. The number of hydrogen-bond acceptors (Lipinski definition) is 2. The summed E-state index contributed by atoms with van der Waals surface area (Å²) in [5, 5.41) is 12.8. The van der Waals surface area contributed by atoms with E-state index in [1.165, 1.54) is 32.1 Å². The summed E-state index contributed by atoms with van der Waals surface area (Å²) in [5.41, 5.74) is -0.887. The molecular weight excluding hydrogens is 150 g/mol. The summed E-state index contributed by atoms with van der Waals surface area (Å²) in [6, 6.07) is 0.478. The Morgan fingerprint density at radius 3 is 2.50 bits per heavy atom. The third-order valence-electron chi connectivity index (χ3n) is 2.50. The molecular formula is C10H19NO. The van der Waals surface area contributed by atoms with Crippen LogP contribution < -0.4 is 5.32 Å². The second-order valence-corrected chi connectivity index (χ2v) is 3.83.